The van der Waals surface area contributed by atoms with E-state index in [-0.39, 0.29) is 11.1 Å². The van der Waals surface area contributed by atoms with Gasteiger partial charge in [0.25, 0.3) is 11.6 Å². The van der Waals surface area contributed by atoms with Crippen LogP contribution in [0, 0.1) is 16.0 Å². The van der Waals surface area contributed by atoms with Crippen molar-refractivity contribution in [1.82, 2.24) is 5.32 Å². The first-order valence-corrected chi connectivity index (χ1v) is 6.62. The third kappa shape index (κ3) is 5.21. The lowest BCUT2D eigenvalue weighted by molar-refractivity contribution is -0.384. The van der Waals surface area contributed by atoms with Crippen LogP contribution in [-0.4, -0.2) is 28.5 Å². The number of nitrogens with zero attached hydrogens (tertiary/aromatic N) is 1. The number of carboxylic acids is 1. The molecule has 0 fully saturated rings. The lowest BCUT2D eigenvalue weighted by Gasteiger charge is -2.07. The predicted molar refractivity (Wildman–Crippen MR) is 76.5 cm³/mol. The Kier molecular flexibility index (Phi) is 5.83. The van der Waals surface area contributed by atoms with Crippen LogP contribution in [0.3, 0.4) is 0 Å². The van der Waals surface area contributed by atoms with Crippen molar-refractivity contribution in [2.24, 2.45) is 5.92 Å². The Hall–Kier alpha value is -2.44. The highest BCUT2D eigenvalue weighted by Gasteiger charge is 2.17. The molecule has 1 rings (SSSR count). The van der Waals surface area contributed by atoms with Gasteiger partial charge in [-0.2, -0.15) is 0 Å². The van der Waals surface area contributed by atoms with E-state index in [0.717, 1.165) is 31.0 Å². The number of amides is 1. The Labute approximate surface area is 122 Å². The Morgan fingerprint density at radius 2 is 1.90 bits per heavy atom. The Bertz CT molecular complexity index is 522. The van der Waals surface area contributed by atoms with Crippen molar-refractivity contribution < 1.29 is 19.6 Å². The monoisotopic (exact) mass is 294 g/mol. The summed E-state index contributed by atoms with van der Waals surface area (Å²) in [5, 5.41) is 22.3. The van der Waals surface area contributed by atoms with Crippen molar-refractivity contribution in [3.63, 3.8) is 0 Å². The maximum absolute atomic E-state index is 11.9. The molecule has 0 aliphatic heterocycles. The van der Waals surface area contributed by atoms with E-state index >= 15 is 0 Å². The van der Waals surface area contributed by atoms with Gasteiger partial charge in [0, 0.05) is 24.2 Å². The molecule has 7 heteroatoms. The average molecular weight is 294 g/mol. The highest BCUT2D eigenvalue weighted by molar-refractivity contribution is 5.98. The molecule has 7 nitrogen and oxygen atoms in total. The summed E-state index contributed by atoms with van der Waals surface area (Å²) in [6.45, 7) is 4.59. The Morgan fingerprint density at radius 3 is 2.43 bits per heavy atom. The third-order valence-corrected chi connectivity index (χ3v) is 2.88. The van der Waals surface area contributed by atoms with Gasteiger partial charge in [-0.1, -0.05) is 13.8 Å². The number of carbonyl (C=O) groups excluding carboxylic acids is 1. The fourth-order valence-electron chi connectivity index (χ4n) is 1.79. The third-order valence-electron chi connectivity index (χ3n) is 2.88. The summed E-state index contributed by atoms with van der Waals surface area (Å²) in [6.07, 6.45) is 1.75. The molecule has 1 aromatic carbocycles. The summed E-state index contributed by atoms with van der Waals surface area (Å²) < 4.78 is 0. The number of hydrogen-bond donors (Lipinski definition) is 2. The van der Waals surface area contributed by atoms with Gasteiger partial charge in [0.15, 0.2) is 0 Å². The molecule has 0 aromatic heterocycles. The number of non-ortho nitro benzene ring substituents is 1. The SMILES string of the molecule is CC(C)CCCNC(=O)c1cc(C(=O)O)cc([N+](=O)[O-])c1. The van der Waals surface area contributed by atoms with E-state index in [1.807, 2.05) is 0 Å². The molecule has 0 radical (unpaired) electrons. The maximum atomic E-state index is 11.9. The van der Waals surface area contributed by atoms with Crippen molar-refractivity contribution >= 4 is 17.6 Å². The molecule has 21 heavy (non-hydrogen) atoms. The lowest BCUT2D eigenvalue weighted by Crippen LogP contribution is -2.25. The second-order valence-electron chi connectivity index (χ2n) is 5.12. The first-order chi connectivity index (χ1) is 9.81. The molecule has 1 aromatic rings. The van der Waals surface area contributed by atoms with Crippen LogP contribution >= 0.6 is 0 Å². The minimum atomic E-state index is -1.31. The normalized spacial score (nSPS) is 10.4. The molecular weight excluding hydrogens is 276 g/mol. The number of nitro benzene ring substituents is 1. The lowest BCUT2D eigenvalue weighted by atomic mass is 10.1. The smallest absolute Gasteiger partial charge is 0.335 e. The molecular formula is C14H18N2O5. The summed E-state index contributed by atoms with van der Waals surface area (Å²) in [4.78, 5) is 32.9. The molecule has 0 aliphatic carbocycles. The van der Waals surface area contributed by atoms with E-state index in [2.05, 4.69) is 19.2 Å². The van der Waals surface area contributed by atoms with Crippen LogP contribution in [-0.2, 0) is 0 Å². The second-order valence-corrected chi connectivity index (χ2v) is 5.12. The van der Waals surface area contributed by atoms with Crippen LogP contribution in [0.2, 0.25) is 0 Å². The number of aromatic carboxylic acids is 1. The molecule has 114 valence electrons. The summed E-state index contributed by atoms with van der Waals surface area (Å²) in [6, 6.07) is 3.13. The molecule has 2 N–H and O–H groups in total. The number of carboxylic acid groups (broad SMARTS) is 1. The van der Waals surface area contributed by atoms with E-state index in [1.165, 1.54) is 0 Å². The van der Waals surface area contributed by atoms with E-state index < -0.39 is 22.5 Å². The van der Waals surface area contributed by atoms with Crippen molar-refractivity contribution in [3.05, 3.63) is 39.4 Å². The zero-order valence-corrected chi connectivity index (χ0v) is 12.0. The minimum absolute atomic E-state index is 0.0221. The van der Waals surface area contributed by atoms with Gasteiger partial charge in [0.05, 0.1) is 10.5 Å². The number of hydrogen-bond acceptors (Lipinski definition) is 4. The van der Waals surface area contributed by atoms with Crippen LogP contribution in [0.25, 0.3) is 0 Å². The van der Waals surface area contributed by atoms with E-state index in [9.17, 15) is 19.7 Å². The molecule has 0 aliphatic rings. The molecule has 0 saturated carbocycles. The quantitative estimate of drug-likeness (QED) is 0.456. The largest absolute Gasteiger partial charge is 0.478 e. The molecule has 0 bridgehead atoms. The van der Waals surface area contributed by atoms with Gasteiger partial charge in [0.1, 0.15) is 0 Å². The molecule has 0 atom stereocenters. The van der Waals surface area contributed by atoms with Gasteiger partial charge in [-0.25, -0.2) is 4.79 Å². The molecule has 0 saturated heterocycles. The fourth-order valence-corrected chi connectivity index (χ4v) is 1.79. The maximum Gasteiger partial charge on any atom is 0.335 e. The summed E-state index contributed by atoms with van der Waals surface area (Å²) >= 11 is 0. The Balaban J connectivity index is 2.83. The first kappa shape index (κ1) is 16.6. The van der Waals surface area contributed by atoms with Gasteiger partial charge in [-0.15, -0.1) is 0 Å². The van der Waals surface area contributed by atoms with Gasteiger partial charge in [-0.05, 0) is 24.8 Å². The van der Waals surface area contributed by atoms with Crippen LogP contribution in [0.1, 0.15) is 47.4 Å². The molecule has 0 spiro atoms. The van der Waals surface area contributed by atoms with Crippen LogP contribution in [0.15, 0.2) is 18.2 Å². The van der Waals surface area contributed by atoms with Crippen molar-refractivity contribution in [1.29, 1.82) is 0 Å². The van der Waals surface area contributed by atoms with Gasteiger partial charge in [0.2, 0.25) is 0 Å². The number of nitrogens with one attached hydrogen (secondary N) is 1. The number of nitro groups is 1. The standard InChI is InChI=1S/C14H18N2O5/c1-9(2)4-3-5-15-13(17)10-6-11(14(18)19)8-12(7-10)16(20)21/h6-9H,3-5H2,1-2H3,(H,15,17)(H,18,19). The molecule has 0 unspecified atom stereocenters. The van der Waals surface area contributed by atoms with E-state index in [0.29, 0.717) is 12.5 Å². The van der Waals surface area contributed by atoms with Gasteiger partial charge in [-0.3, -0.25) is 14.9 Å². The second kappa shape index (κ2) is 7.37. The number of carbonyl (C=O) groups is 2. The fraction of sp³-hybridized carbons (Fsp3) is 0.429. The van der Waals surface area contributed by atoms with Gasteiger partial charge >= 0.3 is 5.97 Å². The van der Waals surface area contributed by atoms with Crippen molar-refractivity contribution in [3.8, 4) is 0 Å². The zero-order chi connectivity index (χ0) is 16.0. The van der Waals surface area contributed by atoms with Crippen LogP contribution < -0.4 is 5.32 Å². The van der Waals surface area contributed by atoms with Crippen LogP contribution in [0.4, 0.5) is 5.69 Å². The highest BCUT2D eigenvalue weighted by atomic mass is 16.6. The predicted octanol–water partition coefficient (Wildman–Crippen LogP) is 2.46. The summed E-state index contributed by atoms with van der Waals surface area (Å²) in [5.41, 5.74) is -0.718. The summed E-state index contributed by atoms with van der Waals surface area (Å²) in [7, 11) is 0. The van der Waals surface area contributed by atoms with Crippen molar-refractivity contribution in [2.45, 2.75) is 26.7 Å². The minimum Gasteiger partial charge on any atom is -0.478 e. The number of benzene rings is 1. The highest BCUT2D eigenvalue weighted by Crippen LogP contribution is 2.17. The molecule has 1 amide bonds. The van der Waals surface area contributed by atoms with E-state index in [4.69, 9.17) is 5.11 Å². The number of rotatable bonds is 7. The average Bonchev–Trinajstić information content (AvgIpc) is 2.42. The van der Waals surface area contributed by atoms with Crippen LogP contribution in [0.5, 0.6) is 0 Å². The first-order valence-electron chi connectivity index (χ1n) is 6.62. The summed E-state index contributed by atoms with van der Waals surface area (Å²) in [5.74, 6) is -1.30. The molecule has 0 heterocycles. The van der Waals surface area contributed by atoms with E-state index in [1.54, 1.807) is 0 Å². The Morgan fingerprint density at radius 1 is 1.29 bits per heavy atom. The topological polar surface area (TPSA) is 110 Å². The van der Waals surface area contributed by atoms with Gasteiger partial charge < -0.3 is 10.4 Å². The zero-order valence-electron chi connectivity index (χ0n) is 12.0. The van der Waals surface area contributed by atoms with Crippen molar-refractivity contribution in [2.75, 3.05) is 6.54 Å².